The van der Waals surface area contributed by atoms with Crippen molar-refractivity contribution in [2.24, 2.45) is 0 Å². The molecule has 27 heavy (non-hydrogen) atoms. The van der Waals surface area contributed by atoms with Gasteiger partial charge >= 0.3 is 13.3 Å². The second-order valence-corrected chi connectivity index (χ2v) is 9.65. The van der Waals surface area contributed by atoms with Crippen LogP contribution in [0, 0.1) is 0 Å². The van der Waals surface area contributed by atoms with Crippen molar-refractivity contribution in [2.75, 3.05) is 13.2 Å². The first kappa shape index (κ1) is 22.8. The monoisotopic (exact) mass is 499 g/mol. The van der Waals surface area contributed by atoms with Crippen molar-refractivity contribution in [1.82, 2.24) is 4.98 Å². The maximum atomic E-state index is 14.9. The third-order valence-electron chi connectivity index (χ3n) is 3.39. The Morgan fingerprint density at radius 3 is 2.41 bits per heavy atom. The quantitative estimate of drug-likeness (QED) is 0.271. The van der Waals surface area contributed by atoms with Crippen LogP contribution >= 0.6 is 46.9 Å². The summed E-state index contributed by atoms with van der Waals surface area (Å²) in [6.07, 6.45) is 1.54. The van der Waals surface area contributed by atoms with Gasteiger partial charge in [0, 0.05) is 22.0 Å². The summed E-state index contributed by atoms with van der Waals surface area (Å²) in [4.78, 5) is 4.18. The van der Waals surface area contributed by atoms with Crippen LogP contribution in [0.2, 0.25) is 5.02 Å². The molecule has 4 nitrogen and oxygen atoms in total. The number of aromatic nitrogens is 1. The molecule has 0 unspecified atom stereocenters. The first-order valence-electron chi connectivity index (χ1n) is 8.03. The lowest BCUT2D eigenvalue weighted by molar-refractivity contribution is 0.0354. The van der Waals surface area contributed by atoms with Crippen LogP contribution in [0.3, 0.4) is 0 Å². The van der Waals surface area contributed by atoms with Gasteiger partial charge in [0.05, 0.1) is 23.3 Å². The van der Waals surface area contributed by atoms with Crippen LogP contribution < -0.4 is 0 Å². The normalized spacial score (nSPS) is 12.4. The zero-order chi connectivity index (χ0) is 20.1. The maximum absolute atomic E-state index is 14.9. The predicted molar refractivity (Wildman–Crippen MR) is 108 cm³/mol. The molecular weight excluding hydrogens is 483 g/mol. The second-order valence-electron chi connectivity index (χ2n) is 5.29. The van der Waals surface area contributed by atoms with E-state index in [9.17, 15) is 13.3 Å². The van der Waals surface area contributed by atoms with Gasteiger partial charge in [0.1, 0.15) is 0 Å². The van der Waals surface area contributed by atoms with Crippen molar-refractivity contribution in [3.8, 4) is 0 Å². The number of nitrogens with zero attached hydrogens (tertiary/aromatic N) is 1. The summed E-state index contributed by atoms with van der Waals surface area (Å²) in [5.41, 5.74) is -3.42. The summed E-state index contributed by atoms with van der Waals surface area (Å²) in [7, 11) is -4.65. The van der Waals surface area contributed by atoms with Crippen LogP contribution in [-0.2, 0) is 25.0 Å². The number of alkyl halides is 2. The van der Waals surface area contributed by atoms with Crippen LogP contribution in [0.15, 0.2) is 46.0 Å². The number of hydrogen-bond acceptors (Lipinski definition) is 5. The van der Waals surface area contributed by atoms with Crippen molar-refractivity contribution < 1.29 is 22.4 Å². The van der Waals surface area contributed by atoms with Gasteiger partial charge in [0.25, 0.3) is 0 Å². The molecular formula is C17H18BrClF2NO3PS. The van der Waals surface area contributed by atoms with E-state index in [-0.39, 0.29) is 17.7 Å². The number of thioether (sulfide) groups is 1. The molecule has 2 aromatic rings. The van der Waals surface area contributed by atoms with Crippen molar-refractivity contribution in [3.63, 3.8) is 0 Å². The molecule has 0 N–H and O–H groups in total. The number of rotatable bonds is 9. The Morgan fingerprint density at radius 2 is 1.89 bits per heavy atom. The van der Waals surface area contributed by atoms with Crippen molar-refractivity contribution >= 4 is 46.9 Å². The summed E-state index contributed by atoms with van der Waals surface area (Å²) in [5.74, 6) is 0.521. The Labute approximate surface area is 174 Å². The summed E-state index contributed by atoms with van der Waals surface area (Å²) < 4.78 is 52.1. The van der Waals surface area contributed by atoms with E-state index in [1.165, 1.54) is 31.7 Å². The van der Waals surface area contributed by atoms with Gasteiger partial charge in [-0.15, -0.1) is 11.8 Å². The van der Waals surface area contributed by atoms with Gasteiger partial charge in [-0.05, 0) is 37.6 Å². The Hall–Kier alpha value is -0.500. The van der Waals surface area contributed by atoms with E-state index in [0.717, 1.165) is 10.6 Å². The predicted octanol–water partition coefficient (Wildman–Crippen LogP) is 7.11. The minimum atomic E-state index is -4.65. The molecule has 1 aromatic carbocycles. The standard InChI is InChI=1S/C17H18BrClF2NO3PS/c1-3-24-26(23,25-4-2)17(20,21)14-7-5-12(9-15(14)18)11-27-16-8-6-13(19)10-22-16/h5-10H,3-4,11H2,1-2H3. The Balaban J connectivity index is 2.21. The molecule has 0 amide bonds. The third kappa shape index (κ3) is 5.52. The fourth-order valence-electron chi connectivity index (χ4n) is 2.18. The largest absolute Gasteiger partial charge is 0.404 e. The third-order valence-corrected chi connectivity index (χ3v) is 7.41. The number of halogens is 4. The molecule has 0 bridgehead atoms. The van der Waals surface area contributed by atoms with Crippen LogP contribution in [0.5, 0.6) is 0 Å². The molecule has 0 spiro atoms. The van der Waals surface area contributed by atoms with Crippen molar-refractivity contribution in [1.29, 1.82) is 0 Å². The number of pyridine rings is 1. The number of hydrogen-bond donors (Lipinski definition) is 0. The molecule has 0 atom stereocenters. The highest BCUT2D eigenvalue weighted by molar-refractivity contribution is 9.10. The molecule has 0 aliphatic rings. The summed E-state index contributed by atoms with van der Waals surface area (Å²) >= 11 is 10.4. The Kier molecular flexibility index (Phi) is 8.28. The molecule has 0 aliphatic heterocycles. The molecule has 1 aromatic heterocycles. The van der Waals surface area contributed by atoms with Crippen molar-refractivity contribution in [2.45, 2.75) is 30.3 Å². The van der Waals surface area contributed by atoms with E-state index in [4.69, 9.17) is 20.6 Å². The second kappa shape index (κ2) is 9.81. The molecule has 0 aliphatic carbocycles. The van der Waals surface area contributed by atoms with Gasteiger partial charge in [-0.1, -0.05) is 39.7 Å². The van der Waals surface area contributed by atoms with E-state index >= 15 is 0 Å². The van der Waals surface area contributed by atoms with Gasteiger partial charge in [-0.3, -0.25) is 4.57 Å². The molecule has 0 saturated carbocycles. The van der Waals surface area contributed by atoms with E-state index in [1.54, 1.807) is 30.5 Å². The zero-order valence-corrected chi connectivity index (χ0v) is 18.7. The lowest BCUT2D eigenvalue weighted by Gasteiger charge is -2.26. The van der Waals surface area contributed by atoms with Gasteiger partial charge in [0.2, 0.25) is 0 Å². The smallest absolute Gasteiger partial charge is 0.304 e. The summed E-state index contributed by atoms with van der Waals surface area (Å²) in [6.45, 7) is 2.68. The van der Waals surface area contributed by atoms with Crippen LogP contribution in [0.25, 0.3) is 0 Å². The van der Waals surface area contributed by atoms with Crippen LogP contribution in [-0.4, -0.2) is 18.2 Å². The van der Waals surface area contributed by atoms with Gasteiger partial charge in [-0.2, -0.15) is 8.78 Å². The average molecular weight is 501 g/mol. The molecule has 0 saturated heterocycles. The molecule has 1 heterocycles. The van der Waals surface area contributed by atoms with Crippen molar-refractivity contribution in [3.05, 3.63) is 57.2 Å². The SMILES string of the molecule is CCOP(=O)(OCC)C(F)(F)c1ccc(CSc2ccc(Cl)cn2)cc1Br. The molecule has 2 rings (SSSR count). The topological polar surface area (TPSA) is 48.4 Å². The lowest BCUT2D eigenvalue weighted by Crippen LogP contribution is -2.19. The fraction of sp³-hybridized carbons (Fsp3) is 0.353. The Bertz CT molecular complexity index is 816. The Morgan fingerprint density at radius 1 is 1.22 bits per heavy atom. The minimum absolute atomic E-state index is 0.134. The number of benzene rings is 1. The maximum Gasteiger partial charge on any atom is 0.404 e. The summed E-state index contributed by atoms with van der Waals surface area (Å²) in [5, 5.41) is 1.31. The van der Waals surface area contributed by atoms with E-state index < -0.39 is 18.8 Å². The first-order chi connectivity index (χ1) is 12.7. The molecule has 10 heteroatoms. The average Bonchev–Trinajstić information content (AvgIpc) is 2.61. The molecule has 0 radical (unpaired) electrons. The highest BCUT2D eigenvalue weighted by atomic mass is 79.9. The van der Waals surface area contributed by atoms with Gasteiger partial charge < -0.3 is 9.05 Å². The van der Waals surface area contributed by atoms with Crippen LogP contribution in [0.4, 0.5) is 8.78 Å². The highest BCUT2D eigenvalue weighted by Gasteiger charge is 2.55. The summed E-state index contributed by atoms with van der Waals surface area (Å²) in [6, 6.07) is 7.87. The minimum Gasteiger partial charge on any atom is -0.304 e. The van der Waals surface area contributed by atoms with E-state index in [1.807, 2.05) is 0 Å². The highest BCUT2D eigenvalue weighted by Crippen LogP contribution is 2.67. The van der Waals surface area contributed by atoms with Crippen LogP contribution in [0.1, 0.15) is 25.0 Å². The van der Waals surface area contributed by atoms with Gasteiger partial charge in [0.15, 0.2) is 0 Å². The fourth-order valence-corrected chi connectivity index (χ4v) is 5.48. The molecule has 148 valence electrons. The zero-order valence-electron chi connectivity index (χ0n) is 14.6. The molecule has 0 fully saturated rings. The first-order valence-corrected chi connectivity index (χ1v) is 11.7. The lowest BCUT2D eigenvalue weighted by atomic mass is 10.1. The van der Waals surface area contributed by atoms with E-state index in [0.29, 0.717) is 10.8 Å². The van der Waals surface area contributed by atoms with Gasteiger partial charge in [-0.25, -0.2) is 4.98 Å². The van der Waals surface area contributed by atoms with E-state index in [2.05, 4.69) is 20.9 Å².